The number of anilines is 1. The van der Waals surface area contributed by atoms with Crippen molar-refractivity contribution >= 4 is 34.8 Å². The molecule has 0 amide bonds. The SMILES string of the molecule is O=C(O)/C(=N/Nc1ccc(Cl)cc1)C(=O)c1c(F)cccc1F. The second-order valence-electron chi connectivity index (χ2n) is 4.31. The largest absolute Gasteiger partial charge is 0.476 e. The number of Topliss-reactive ketones (excluding diaryl/α,β-unsaturated/α-hetero) is 1. The normalized spacial score (nSPS) is 11.2. The van der Waals surface area contributed by atoms with E-state index in [0.29, 0.717) is 10.7 Å². The lowest BCUT2D eigenvalue weighted by Gasteiger charge is -2.05. The van der Waals surface area contributed by atoms with Crippen molar-refractivity contribution in [3.05, 3.63) is 64.7 Å². The number of hydrogen-bond donors (Lipinski definition) is 2. The summed E-state index contributed by atoms with van der Waals surface area (Å²) in [5.74, 6) is -5.44. The van der Waals surface area contributed by atoms with Gasteiger partial charge in [0.1, 0.15) is 11.6 Å². The van der Waals surface area contributed by atoms with E-state index in [-0.39, 0.29) is 0 Å². The molecule has 0 radical (unpaired) electrons. The van der Waals surface area contributed by atoms with Crippen LogP contribution in [0.4, 0.5) is 14.5 Å². The van der Waals surface area contributed by atoms with Crippen molar-refractivity contribution in [2.24, 2.45) is 5.10 Å². The van der Waals surface area contributed by atoms with Crippen LogP contribution >= 0.6 is 11.6 Å². The summed E-state index contributed by atoms with van der Waals surface area (Å²) in [6.07, 6.45) is 0. The number of carbonyl (C=O) groups is 2. The number of aliphatic carboxylic acids is 1. The third-order valence-corrected chi connectivity index (χ3v) is 3.00. The van der Waals surface area contributed by atoms with Gasteiger partial charge in [0, 0.05) is 5.02 Å². The molecule has 2 N–H and O–H groups in total. The summed E-state index contributed by atoms with van der Waals surface area (Å²) in [6, 6.07) is 8.76. The fourth-order valence-corrected chi connectivity index (χ4v) is 1.80. The van der Waals surface area contributed by atoms with E-state index in [1.165, 1.54) is 24.3 Å². The predicted octanol–water partition coefficient (Wildman–Crippen LogP) is 3.35. The second-order valence-corrected chi connectivity index (χ2v) is 4.75. The Kier molecular flexibility index (Phi) is 5.02. The molecule has 0 saturated heterocycles. The molecule has 0 aliphatic rings. The lowest BCUT2D eigenvalue weighted by atomic mass is 10.1. The van der Waals surface area contributed by atoms with Crippen molar-refractivity contribution in [3.63, 3.8) is 0 Å². The van der Waals surface area contributed by atoms with Crippen molar-refractivity contribution in [2.75, 3.05) is 5.43 Å². The minimum absolute atomic E-state index is 0.343. The molecule has 2 aromatic carbocycles. The molecule has 8 heteroatoms. The zero-order valence-electron chi connectivity index (χ0n) is 11.4. The summed E-state index contributed by atoms with van der Waals surface area (Å²) >= 11 is 5.69. The van der Waals surface area contributed by atoms with E-state index < -0.39 is 34.7 Å². The van der Waals surface area contributed by atoms with Crippen LogP contribution in [0.2, 0.25) is 5.02 Å². The van der Waals surface area contributed by atoms with E-state index in [2.05, 4.69) is 10.5 Å². The molecule has 0 fully saturated rings. The lowest BCUT2D eigenvalue weighted by molar-refractivity contribution is -0.129. The lowest BCUT2D eigenvalue weighted by Crippen LogP contribution is -2.27. The van der Waals surface area contributed by atoms with Gasteiger partial charge in [-0.2, -0.15) is 5.10 Å². The van der Waals surface area contributed by atoms with Gasteiger partial charge in [-0.25, -0.2) is 13.6 Å². The second kappa shape index (κ2) is 6.97. The molecule has 118 valence electrons. The van der Waals surface area contributed by atoms with Crippen LogP contribution in [0.1, 0.15) is 10.4 Å². The quantitative estimate of drug-likeness (QED) is 0.379. The number of nitrogens with zero attached hydrogens (tertiary/aromatic N) is 1. The van der Waals surface area contributed by atoms with Gasteiger partial charge in [-0.1, -0.05) is 17.7 Å². The number of carboxylic acids is 1. The number of ketones is 1. The monoisotopic (exact) mass is 338 g/mol. The molecule has 0 bridgehead atoms. The Balaban J connectivity index is 2.34. The Morgan fingerprint density at radius 3 is 2.13 bits per heavy atom. The molecule has 0 aliphatic heterocycles. The highest BCUT2D eigenvalue weighted by molar-refractivity contribution is 6.67. The van der Waals surface area contributed by atoms with E-state index in [4.69, 9.17) is 16.7 Å². The number of carbonyl (C=O) groups excluding carboxylic acids is 1. The van der Waals surface area contributed by atoms with Gasteiger partial charge in [0.2, 0.25) is 11.5 Å². The summed E-state index contributed by atoms with van der Waals surface area (Å²) < 4.78 is 27.2. The average Bonchev–Trinajstić information content (AvgIpc) is 2.49. The Hall–Kier alpha value is -2.80. The van der Waals surface area contributed by atoms with E-state index in [1.807, 2.05) is 0 Å². The predicted molar refractivity (Wildman–Crippen MR) is 80.8 cm³/mol. The van der Waals surface area contributed by atoms with Crippen LogP contribution in [-0.4, -0.2) is 22.6 Å². The van der Waals surface area contributed by atoms with Gasteiger partial charge in [-0.3, -0.25) is 10.2 Å². The number of hydrazone groups is 1. The summed E-state index contributed by atoms with van der Waals surface area (Å²) in [6.45, 7) is 0. The molecule has 0 aliphatic carbocycles. The minimum Gasteiger partial charge on any atom is -0.476 e. The van der Waals surface area contributed by atoms with Crippen molar-refractivity contribution in [3.8, 4) is 0 Å². The van der Waals surface area contributed by atoms with E-state index in [9.17, 15) is 18.4 Å². The maximum Gasteiger partial charge on any atom is 0.360 e. The van der Waals surface area contributed by atoms with Crippen molar-refractivity contribution in [1.29, 1.82) is 0 Å². The number of halogens is 3. The van der Waals surface area contributed by atoms with Gasteiger partial charge in [0.15, 0.2) is 0 Å². The number of rotatable bonds is 5. The van der Waals surface area contributed by atoms with Gasteiger partial charge in [0.05, 0.1) is 11.3 Å². The van der Waals surface area contributed by atoms with E-state index >= 15 is 0 Å². The molecule has 5 nitrogen and oxygen atoms in total. The maximum absolute atomic E-state index is 13.6. The molecular formula is C15H9ClF2N2O3. The van der Waals surface area contributed by atoms with Crippen molar-refractivity contribution in [1.82, 2.24) is 0 Å². The van der Waals surface area contributed by atoms with Crippen molar-refractivity contribution < 1.29 is 23.5 Å². The number of nitrogens with one attached hydrogen (secondary N) is 1. The van der Waals surface area contributed by atoms with E-state index in [1.54, 1.807) is 0 Å². The molecule has 0 atom stereocenters. The van der Waals surface area contributed by atoms with Crippen LogP contribution in [0.15, 0.2) is 47.6 Å². The average molecular weight is 339 g/mol. The fraction of sp³-hybridized carbons (Fsp3) is 0. The van der Waals surface area contributed by atoms with Crippen LogP contribution < -0.4 is 5.43 Å². The molecule has 0 heterocycles. The minimum atomic E-state index is -1.72. The van der Waals surface area contributed by atoms with Crippen LogP contribution in [-0.2, 0) is 4.79 Å². The molecule has 0 saturated carbocycles. The molecule has 23 heavy (non-hydrogen) atoms. The van der Waals surface area contributed by atoms with Gasteiger partial charge in [-0.05, 0) is 36.4 Å². The highest BCUT2D eigenvalue weighted by Gasteiger charge is 2.27. The molecule has 2 aromatic rings. The molecule has 0 spiro atoms. The first kappa shape index (κ1) is 16.6. The first-order valence-electron chi connectivity index (χ1n) is 6.21. The first-order valence-corrected chi connectivity index (χ1v) is 6.59. The van der Waals surface area contributed by atoms with Gasteiger partial charge in [-0.15, -0.1) is 0 Å². The Morgan fingerprint density at radius 2 is 1.61 bits per heavy atom. The molecular weight excluding hydrogens is 330 g/mol. The Labute approximate surface area is 134 Å². The smallest absolute Gasteiger partial charge is 0.360 e. The fourth-order valence-electron chi connectivity index (χ4n) is 1.67. The van der Waals surface area contributed by atoms with Gasteiger partial charge >= 0.3 is 5.97 Å². The molecule has 0 unspecified atom stereocenters. The third kappa shape index (κ3) is 3.89. The highest BCUT2D eigenvalue weighted by atomic mass is 35.5. The first-order chi connectivity index (χ1) is 10.9. The van der Waals surface area contributed by atoms with Crippen molar-refractivity contribution in [2.45, 2.75) is 0 Å². The number of benzene rings is 2. The maximum atomic E-state index is 13.6. The summed E-state index contributed by atoms with van der Waals surface area (Å²) in [5, 5.41) is 12.9. The molecule has 2 rings (SSSR count). The summed E-state index contributed by atoms with van der Waals surface area (Å²) in [5.41, 5.74) is 0.636. The number of hydrogen-bond acceptors (Lipinski definition) is 4. The molecule has 0 aromatic heterocycles. The Bertz CT molecular complexity index is 772. The zero-order chi connectivity index (χ0) is 17.0. The Morgan fingerprint density at radius 1 is 1.04 bits per heavy atom. The highest BCUT2D eigenvalue weighted by Crippen LogP contribution is 2.15. The van der Waals surface area contributed by atoms with Crippen LogP contribution in [0, 0.1) is 11.6 Å². The summed E-state index contributed by atoms with van der Waals surface area (Å²) in [4.78, 5) is 23.2. The standard InChI is InChI=1S/C15H9ClF2N2O3/c16-8-4-6-9(7-5-8)19-20-13(15(22)23)14(21)12-10(17)2-1-3-11(12)18/h1-7,19H,(H,22,23)/b20-13+. The number of carboxylic acid groups (broad SMARTS) is 1. The van der Waals surface area contributed by atoms with Gasteiger partial charge in [0.25, 0.3) is 0 Å². The van der Waals surface area contributed by atoms with E-state index in [0.717, 1.165) is 18.2 Å². The van der Waals surface area contributed by atoms with Gasteiger partial charge < -0.3 is 5.11 Å². The van der Waals surface area contributed by atoms with Crippen LogP contribution in [0.5, 0.6) is 0 Å². The summed E-state index contributed by atoms with van der Waals surface area (Å²) in [7, 11) is 0. The zero-order valence-corrected chi connectivity index (χ0v) is 12.1. The van der Waals surface area contributed by atoms with Crippen LogP contribution in [0.3, 0.4) is 0 Å². The van der Waals surface area contributed by atoms with Crippen LogP contribution in [0.25, 0.3) is 0 Å². The topological polar surface area (TPSA) is 78.8 Å². The third-order valence-electron chi connectivity index (χ3n) is 2.75.